The molecule has 0 aromatic heterocycles. The van der Waals surface area contributed by atoms with Gasteiger partial charge in [-0.25, -0.2) is 8.42 Å². The van der Waals surface area contributed by atoms with E-state index in [4.69, 9.17) is 0 Å². The molecule has 1 aliphatic heterocycles. The Bertz CT molecular complexity index is 496. The molecule has 1 N–H and O–H groups in total. The van der Waals surface area contributed by atoms with Gasteiger partial charge in [0.25, 0.3) is 0 Å². The first-order valence-corrected chi connectivity index (χ1v) is 7.76. The molecule has 0 amide bonds. The van der Waals surface area contributed by atoms with E-state index in [1.54, 1.807) is 28.6 Å². The standard InChI is InChI=1S/C13H20N2O2S/c1-11-4-3-9-15(10-11)18(16,17)13-7-5-12(14-2)6-8-13/h5-8,11,14H,3-4,9-10H2,1-2H3. The van der Waals surface area contributed by atoms with E-state index in [-0.39, 0.29) is 0 Å². The second kappa shape index (κ2) is 5.28. The molecule has 0 bridgehead atoms. The molecular weight excluding hydrogens is 248 g/mol. The van der Waals surface area contributed by atoms with Crippen LogP contribution >= 0.6 is 0 Å². The van der Waals surface area contributed by atoms with Crippen molar-refractivity contribution in [3.8, 4) is 0 Å². The van der Waals surface area contributed by atoms with Gasteiger partial charge in [-0.05, 0) is 43.0 Å². The van der Waals surface area contributed by atoms with Gasteiger partial charge in [-0.15, -0.1) is 0 Å². The number of nitrogens with zero attached hydrogens (tertiary/aromatic N) is 1. The second-order valence-corrected chi connectivity index (χ2v) is 6.82. The van der Waals surface area contributed by atoms with E-state index in [2.05, 4.69) is 12.2 Å². The van der Waals surface area contributed by atoms with Crippen LogP contribution in [0.4, 0.5) is 5.69 Å². The highest BCUT2D eigenvalue weighted by molar-refractivity contribution is 7.89. The summed E-state index contributed by atoms with van der Waals surface area (Å²) in [4.78, 5) is 0.385. The van der Waals surface area contributed by atoms with Gasteiger partial charge in [0.1, 0.15) is 0 Å². The van der Waals surface area contributed by atoms with Gasteiger partial charge >= 0.3 is 0 Å². The molecular formula is C13H20N2O2S. The van der Waals surface area contributed by atoms with Gasteiger partial charge in [-0.1, -0.05) is 6.92 Å². The van der Waals surface area contributed by atoms with Crippen molar-refractivity contribution in [3.63, 3.8) is 0 Å². The minimum Gasteiger partial charge on any atom is -0.388 e. The quantitative estimate of drug-likeness (QED) is 0.914. The van der Waals surface area contributed by atoms with Crippen LogP contribution in [0.2, 0.25) is 0 Å². The summed E-state index contributed by atoms with van der Waals surface area (Å²) in [6.45, 7) is 3.38. The molecule has 100 valence electrons. The molecule has 1 aliphatic rings. The van der Waals surface area contributed by atoms with E-state index in [9.17, 15) is 8.42 Å². The smallest absolute Gasteiger partial charge is 0.243 e. The molecule has 0 aliphatic carbocycles. The van der Waals surface area contributed by atoms with Crippen molar-refractivity contribution in [1.29, 1.82) is 0 Å². The zero-order valence-electron chi connectivity index (χ0n) is 10.9. The van der Waals surface area contributed by atoms with Crippen LogP contribution in [-0.4, -0.2) is 32.9 Å². The third-order valence-electron chi connectivity index (χ3n) is 3.40. The third-order valence-corrected chi connectivity index (χ3v) is 5.28. The normalized spacial score (nSPS) is 21.8. The number of hydrogen-bond donors (Lipinski definition) is 1. The molecule has 5 heteroatoms. The summed E-state index contributed by atoms with van der Waals surface area (Å²) in [7, 11) is -1.50. The molecule has 0 radical (unpaired) electrons. The first-order chi connectivity index (χ1) is 8.54. The number of benzene rings is 1. The highest BCUT2D eigenvalue weighted by Crippen LogP contribution is 2.24. The van der Waals surface area contributed by atoms with Crippen molar-refractivity contribution < 1.29 is 8.42 Å². The minimum absolute atomic E-state index is 0.385. The predicted molar refractivity (Wildman–Crippen MR) is 73.1 cm³/mol. The Labute approximate surface area is 109 Å². The molecule has 4 nitrogen and oxygen atoms in total. The van der Waals surface area contributed by atoms with Gasteiger partial charge in [0.15, 0.2) is 0 Å². The van der Waals surface area contributed by atoms with Crippen molar-refractivity contribution in [2.24, 2.45) is 5.92 Å². The number of piperidine rings is 1. The highest BCUT2D eigenvalue weighted by Gasteiger charge is 2.28. The summed E-state index contributed by atoms with van der Waals surface area (Å²) in [5, 5.41) is 2.98. The van der Waals surface area contributed by atoms with E-state index < -0.39 is 10.0 Å². The average molecular weight is 268 g/mol. The lowest BCUT2D eigenvalue weighted by atomic mass is 10.0. The van der Waals surface area contributed by atoms with Crippen LogP contribution in [0, 0.1) is 5.92 Å². The number of nitrogens with one attached hydrogen (secondary N) is 1. The van der Waals surface area contributed by atoms with E-state index in [0.29, 0.717) is 23.9 Å². The fraction of sp³-hybridized carbons (Fsp3) is 0.538. The monoisotopic (exact) mass is 268 g/mol. The van der Waals surface area contributed by atoms with Crippen molar-refractivity contribution in [3.05, 3.63) is 24.3 Å². The zero-order valence-corrected chi connectivity index (χ0v) is 11.7. The van der Waals surface area contributed by atoms with Gasteiger partial charge in [-0.2, -0.15) is 4.31 Å². The lowest BCUT2D eigenvalue weighted by Crippen LogP contribution is -2.39. The fourth-order valence-corrected chi connectivity index (χ4v) is 3.91. The van der Waals surface area contributed by atoms with Crippen LogP contribution < -0.4 is 5.32 Å². The van der Waals surface area contributed by atoms with Crippen molar-refractivity contribution >= 4 is 15.7 Å². The number of sulfonamides is 1. The lowest BCUT2D eigenvalue weighted by molar-refractivity contribution is 0.281. The summed E-state index contributed by atoms with van der Waals surface area (Å²) in [5.74, 6) is 0.449. The maximum atomic E-state index is 12.4. The highest BCUT2D eigenvalue weighted by atomic mass is 32.2. The molecule has 0 spiro atoms. The zero-order chi connectivity index (χ0) is 13.2. The van der Waals surface area contributed by atoms with E-state index >= 15 is 0 Å². The second-order valence-electron chi connectivity index (χ2n) is 4.88. The average Bonchev–Trinajstić information content (AvgIpc) is 2.39. The Kier molecular flexibility index (Phi) is 3.92. The topological polar surface area (TPSA) is 49.4 Å². The van der Waals surface area contributed by atoms with E-state index in [1.807, 2.05) is 7.05 Å². The molecule has 1 unspecified atom stereocenters. The van der Waals surface area contributed by atoms with Gasteiger partial charge in [-0.3, -0.25) is 0 Å². The van der Waals surface area contributed by atoms with Crippen molar-refractivity contribution in [2.75, 3.05) is 25.5 Å². The maximum Gasteiger partial charge on any atom is 0.243 e. The summed E-state index contributed by atoms with van der Waals surface area (Å²) >= 11 is 0. The molecule has 1 heterocycles. The van der Waals surface area contributed by atoms with Crippen molar-refractivity contribution in [2.45, 2.75) is 24.7 Å². The molecule has 1 saturated heterocycles. The maximum absolute atomic E-state index is 12.4. The van der Waals surface area contributed by atoms with Crippen LogP contribution in [-0.2, 0) is 10.0 Å². The van der Waals surface area contributed by atoms with Crippen LogP contribution in [0.3, 0.4) is 0 Å². The summed E-state index contributed by atoms with van der Waals surface area (Å²) in [6.07, 6.45) is 2.07. The Morgan fingerprint density at radius 1 is 1.28 bits per heavy atom. The summed E-state index contributed by atoms with van der Waals surface area (Å²) in [6, 6.07) is 6.92. The molecule has 1 fully saturated rings. The van der Waals surface area contributed by atoms with Crippen LogP contribution in [0.25, 0.3) is 0 Å². The predicted octanol–water partition coefficient (Wildman–Crippen LogP) is 2.15. The molecule has 18 heavy (non-hydrogen) atoms. The largest absolute Gasteiger partial charge is 0.388 e. The molecule has 2 rings (SSSR count). The lowest BCUT2D eigenvalue weighted by Gasteiger charge is -2.30. The third kappa shape index (κ3) is 2.67. The van der Waals surface area contributed by atoms with Crippen molar-refractivity contribution in [1.82, 2.24) is 4.31 Å². The first-order valence-electron chi connectivity index (χ1n) is 6.32. The molecule has 1 aromatic rings. The van der Waals surface area contributed by atoms with Crippen LogP contribution in [0.15, 0.2) is 29.2 Å². The SMILES string of the molecule is CNc1ccc(S(=O)(=O)N2CCCC(C)C2)cc1. The Balaban J connectivity index is 2.23. The number of anilines is 1. The van der Waals surface area contributed by atoms with E-state index in [1.165, 1.54) is 0 Å². The van der Waals surface area contributed by atoms with Crippen LogP contribution in [0.5, 0.6) is 0 Å². The summed E-state index contributed by atoms with van der Waals surface area (Å²) < 4.78 is 26.5. The first kappa shape index (κ1) is 13.4. The molecule has 0 saturated carbocycles. The van der Waals surface area contributed by atoms with Gasteiger partial charge in [0.05, 0.1) is 4.90 Å². The Morgan fingerprint density at radius 2 is 1.94 bits per heavy atom. The Hall–Kier alpha value is -1.07. The Morgan fingerprint density at radius 3 is 2.50 bits per heavy atom. The van der Waals surface area contributed by atoms with Gasteiger partial charge in [0, 0.05) is 25.8 Å². The number of rotatable bonds is 3. The van der Waals surface area contributed by atoms with Gasteiger partial charge < -0.3 is 5.32 Å². The molecule has 1 atom stereocenters. The number of hydrogen-bond acceptors (Lipinski definition) is 3. The fourth-order valence-electron chi connectivity index (χ4n) is 2.31. The van der Waals surface area contributed by atoms with E-state index in [0.717, 1.165) is 18.5 Å². The molecule has 1 aromatic carbocycles. The van der Waals surface area contributed by atoms with Gasteiger partial charge in [0.2, 0.25) is 10.0 Å². The summed E-state index contributed by atoms with van der Waals surface area (Å²) in [5.41, 5.74) is 0.918. The van der Waals surface area contributed by atoms with Crippen LogP contribution in [0.1, 0.15) is 19.8 Å². The minimum atomic E-state index is -3.31.